The average molecular weight is 249 g/mol. The van der Waals surface area contributed by atoms with Crippen LogP contribution >= 0.6 is 0 Å². The Kier molecular flexibility index (Phi) is 5.91. The van der Waals surface area contributed by atoms with Crippen LogP contribution in [0, 0.1) is 5.92 Å². The summed E-state index contributed by atoms with van der Waals surface area (Å²) in [5.74, 6) is 0.289. The van der Waals surface area contributed by atoms with Crippen LogP contribution in [0.4, 0.5) is 4.79 Å². The van der Waals surface area contributed by atoms with Gasteiger partial charge in [-0.05, 0) is 11.5 Å². The van der Waals surface area contributed by atoms with Crippen LogP contribution in [-0.4, -0.2) is 19.0 Å². The van der Waals surface area contributed by atoms with Crippen molar-refractivity contribution in [3.05, 3.63) is 35.9 Å². The molecular formula is C14H19NO3. The number of nitrogens with one attached hydrogen (secondary N) is 1. The van der Waals surface area contributed by atoms with Crippen LogP contribution in [0.2, 0.25) is 0 Å². The number of hydrogen-bond donors (Lipinski definition) is 1. The van der Waals surface area contributed by atoms with E-state index in [0.29, 0.717) is 6.61 Å². The predicted molar refractivity (Wildman–Crippen MR) is 69.2 cm³/mol. The van der Waals surface area contributed by atoms with Gasteiger partial charge in [-0.3, -0.25) is 0 Å². The molecule has 0 aromatic heterocycles. The first-order chi connectivity index (χ1) is 8.63. The van der Waals surface area contributed by atoms with E-state index in [2.05, 4.69) is 5.32 Å². The molecule has 1 rings (SSSR count). The van der Waals surface area contributed by atoms with E-state index in [1.165, 1.54) is 0 Å². The summed E-state index contributed by atoms with van der Waals surface area (Å²) in [6, 6.07) is 9.04. The van der Waals surface area contributed by atoms with Crippen molar-refractivity contribution in [3.63, 3.8) is 0 Å². The largest absolute Gasteiger partial charge is 0.449 e. The molecule has 0 spiro atoms. The van der Waals surface area contributed by atoms with E-state index in [1.54, 1.807) is 0 Å². The molecule has 0 radical (unpaired) electrons. The molecule has 4 nitrogen and oxygen atoms in total. The number of carbonyl (C=O) groups excluding carboxylic acids is 2. The maximum atomic E-state index is 11.6. The summed E-state index contributed by atoms with van der Waals surface area (Å²) >= 11 is 0. The fourth-order valence-electron chi connectivity index (χ4n) is 1.49. The van der Waals surface area contributed by atoms with Gasteiger partial charge >= 0.3 is 6.09 Å². The number of amides is 1. The summed E-state index contributed by atoms with van der Waals surface area (Å²) in [7, 11) is 0. The molecule has 1 atom stereocenters. The highest BCUT2D eigenvalue weighted by Gasteiger charge is 2.14. The first-order valence-corrected chi connectivity index (χ1v) is 6.05. The Bertz CT molecular complexity index is 376. The first kappa shape index (κ1) is 14.2. The smallest absolute Gasteiger partial charge is 0.407 e. The summed E-state index contributed by atoms with van der Waals surface area (Å²) in [6.07, 6.45) is 0.542. The fourth-order valence-corrected chi connectivity index (χ4v) is 1.49. The second-order valence-electron chi connectivity index (χ2n) is 4.50. The molecule has 0 aliphatic carbocycles. The molecule has 1 N–H and O–H groups in total. The molecule has 1 aromatic rings. The monoisotopic (exact) mass is 249 g/mol. The Balaban J connectivity index is 2.58. The lowest BCUT2D eigenvalue weighted by atomic mass is 10.1. The van der Waals surface area contributed by atoms with Gasteiger partial charge < -0.3 is 14.8 Å². The molecular weight excluding hydrogens is 230 g/mol. The lowest BCUT2D eigenvalue weighted by Gasteiger charge is -2.17. The number of hydrogen-bond acceptors (Lipinski definition) is 3. The third-order valence-electron chi connectivity index (χ3n) is 2.37. The molecule has 1 aromatic carbocycles. The Hall–Kier alpha value is -1.84. The van der Waals surface area contributed by atoms with E-state index in [0.717, 1.165) is 11.8 Å². The minimum Gasteiger partial charge on any atom is -0.449 e. The number of ether oxygens (including phenoxy) is 1. The Morgan fingerprint density at radius 2 is 2.00 bits per heavy atom. The molecule has 1 amide bonds. The van der Waals surface area contributed by atoms with E-state index in [4.69, 9.17) is 4.74 Å². The van der Waals surface area contributed by atoms with Crippen LogP contribution in [0.1, 0.15) is 31.9 Å². The number of aldehydes is 1. The van der Waals surface area contributed by atoms with Crippen molar-refractivity contribution >= 4 is 12.4 Å². The van der Waals surface area contributed by atoms with Gasteiger partial charge in [-0.1, -0.05) is 44.2 Å². The highest BCUT2D eigenvalue weighted by Crippen LogP contribution is 2.15. The van der Waals surface area contributed by atoms with Gasteiger partial charge in [0.05, 0.1) is 12.6 Å². The summed E-state index contributed by atoms with van der Waals surface area (Å²) in [6.45, 7) is 4.30. The van der Waals surface area contributed by atoms with Gasteiger partial charge in [-0.25, -0.2) is 4.79 Å². The molecule has 0 bridgehead atoms. The molecule has 18 heavy (non-hydrogen) atoms. The van der Waals surface area contributed by atoms with Crippen molar-refractivity contribution in [2.45, 2.75) is 26.3 Å². The Morgan fingerprint density at radius 1 is 1.33 bits per heavy atom. The van der Waals surface area contributed by atoms with E-state index in [-0.39, 0.29) is 18.4 Å². The number of rotatable bonds is 6. The summed E-state index contributed by atoms with van der Waals surface area (Å²) in [5, 5.41) is 2.70. The average Bonchev–Trinajstić information content (AvgIpc) is 2.37. The van der Waals surface area contributed by atoms with Gasteiger partial charge in [0.15, 0.2) is 0 Å². The van der Waals surface area contributed by atoms with Gasteiger partial charge in [-0.2, -0.15) is 0 Å². The van der Waals surface area contributed by atoms with Crippen molar-refractivity contribution in [2.24, 2.45) is 5.92 Å². The second-order valence-corrected chi connectivity index (χ2v) is 4.50. The first-order valence-electron chi connectivity index (χ1n) is 6.05. The molecule has 0 fully saturated rings. The topological polar surface area (TPSA) is 55.4 Å². The third-order valence-corrected chi connectivity index (χ3v) is 2.37. The minimum absolute atomic E-state index is 0.237. The minimum atomic E-state index is -0.487. The quantitative estimate of drug-likeness (QED) is 0.789. The SMILES string of the molecule is CC(C)COC(=O)N[C@H](CC=O)c1ccccc1. The van der Waals surface area contributed by atoms with Crippen LogP contribution in [0.15, 0.2) is 30.3 Å². The number of benzene rings is 1. The zero-order valence-corrected chi connectivity index (χ0v) is 10.8. The van der Waals surface area contributed by atoms with Gasteiger partial charge in [0, 0.05) is 6.42 Å². The molecule has 0 saturated heterocycles. The highest BCUT2D eigenvalue weighted by atomic mass is 16.5. The zero-order chi connectivity index (χ0) is 13.4. The summed E-state index contributed by atoms with van der Waals surface area (Å²) in [5.41, 5.74) is 0.895. The predicted octanol–water partition coefficient (Wildman–Crippen LogP) is 2.70. The van der Waals surface area contributed by atoms with E-state index in [1.807, 2.05) is 44.2 Å². The second kappa shape index (κ2) is 7.48. The van der Waals surface area contributed by atoms with Gasteiger partial charge in [0.2, 0.25) is 0 Å². The van der Waals surface area contributed by atoms with Crippen LogP contribution in [0.3, 0.4) is 0 Å². The van der Waals surface area contributed by atoms with Crippen LogP contribution < -0.4 is 5.32 Å². The van der Waals surface area contributed by atoms with Crippen LogP contribution in [0.5, 0.6) is 0 Å². The van der Waals surface area contributed by atoms with Crippen molar-refractivity contribution < 1.29 is 14.3 Å². The van der Waals surface area contributed by atoms with Crippen LogP contribution in [0.25, 0.3) is 0 Å². The molecule has 4 heteroatoms. The molecule has 98 valence electrons. The van der Waals surface area contributed by atoms with Crippen molar-refractivity contribution in [1.82, 2.24) is 5.32 Å². The standard InChI is InChI=1S/C14H19NO3/c1-11(2)10-18-14(17)15-13(8-9-16)12-6-4-3-5-7-12/h3-7,9,11,13H,8,10H2,1-2H3,(H,15,17)/t13-/m1/s1. The summed E-state index contributed by atoms with van der Waals surface area (Å²) < 4.78 is 5.04. The van der Waals surface area contributed by atoms with E-state index >= 15 is 0 Å². The van der Waals surface area contributed by atoms with Crippen LogP contribution in [-0.2, 0) is 9.53 Å². The normalized spacial score (nSPS) is 11.9. The number of carbonyl (C=O) groups is 2. The zero-order valence-electron chi connectivity index (χ0n) is 10.8. The third kappa shape index (κ3) is 4.99. The summed E-state index contributed by atoms with van der Waals surface area (Å²) in [4.78, 5) is 22.2. The van der Waals surface area contributed by atoms with Gasteiger partial charge in [0.1, 0.15) is 6.29 Å². The van der Waals surface area contributed by atoms with Gasteiger partial charge in [-0.15, -0.1) is 0 Å². The van der Waals surface area contributed by atoms with Crippen molar-refractivity contribution in [1.29, 1.82) is 0 Å². The Labute approximate surface area is 107 Å². The lowest BCUT2D eigenvalue weighted by molar-refractivity contribution is -0.108. The van der Waals surface area contributed by atoms with E-state index in [9.17, 15) is 9.59 Å². The van der Waals surface area contributed by atoms with Crippen molar-refractivity contribution in [2.75, 3.05) is 6.61 Å². The Morgan fingerprint density at radius 3 is 2.56 bits per heavy atom. The fraction of sp³-hybridized carbons (Fsp3) is 0.429. The lowest BCUT2D eigenvalue weighted by Crippen LogP contribution is -2.30. The maximum absolute atomic E-state index is 11.6. The maximum Gasteiger partial charge on any atom is 0.407 e. The molecule has 0 aliphatic heterocycles. The molecule has 0 unspecified atom stereocenters. The van der Waals surface area contributed by atoms with E-state index < -0.39 is 6.09 Å². The molecule has 0 saturated carbocycles. The van der Waals surface area contributed by atoms with Crippen molar-refractivity contribution in [3.8, 4) is 0 Å². The highest BCUT2D eigenvalue weighted by molar-refractivity contribution is 5.68. The number of alkyl carbamates (subject to hydrolysis) is 1. The van der Waals surface area contributed by atoms with Gasteiger partial charge in [0.25, 0.3) is 0 Å². The molecule has 0 aliphatic rings. The molecule has 0 heterocycles.